The zero-order chi connectivity index (χ0) is 20.7. The molecule has 2 aromatic carbocycles. The Hall–Kier alpha value is -2.70. The molecule has 1 aliphatic heterocycles. The van der Waals surface area contributed by atoms with Gasteiger partial charge in [0.25, 0.3) is 0 Å². The summed E-state index contributed by atoms with van der Waals surface area (Å²) in [6.45, 7) is 2.01. The van der Waals surface area contributed by atoms with Crippen molar-refractivity contribution in [2.24, 2.45) is 5.92 Å². The lowest BCUT2D eigenvalue weighted by atomic mass is 10.1. The first-order valence-electron chi connectivity index (χ1n) is 10.5. The van der Waals surface area contributed by atoms with Crippen molar-refractivity contribution in [2.45, 2.75) is 38.1 Å². The molecule has 1 saturated heterocycles. The van der Waals surface area contributed by atoms with Crippen LogP contribution < -0.4 is 11.1 Å². The summed E-state index contributed by atoms with van der Waals surface area (Å²) in [6, 6.07) is 13.9. The van der Waals surface area contributed by atoms with E-state index >= 15 is 0 Å². The lowest BCUT2D eigenvalue weighted by molar-refractivity contribution is -0.00641. The Kier molecular flexibility index (Phi) is 5.05. The second kappa shape index (κ2) is 7.85. The van der Waals surface area contributed by atoms with Crippen molar-refractivity contribution >= 4 is 22.3 Å². The van der Waals surface area contributed by atoms with Gasteiger partial charge in [-0.1, -0.05) is 12.1 Å². The average Bonchev–Trinajstić information content (AvgIpc) is 3.31. The number of hydrogen-bond donors (Lipinski definition) is 2. The van der Waals surface area contributed by atoms with Crippen molar-refractivity contribution in [3.8, 4) is 0 Å². The van der Waals surface area contributed by atoms with E-state index in [2.05, 4.69) is 22.2 Å². The Morgan fingerprint density at radius 3 is 2.87 bits per heavy atom. The second-order valence-electron chi connectivity index (χ2n) is 8.59. The van der Waals surface area contributed by atoms with Crippen LogP contribution in [0.25, 0.3) is 10.8 Å². The Morgan fingerprint density at radius 1 is 1.20 bits per heavy atom. The molecule has 156 valence electrons. The maximum absolute atomic E-state index is 14.6. The number of ether oxygens (including phenoxy) is 1. The van der Waals surface area contributed by atoms with Gasteiger partial charge in [-0.15, -0.1) is 0 Å². The summed E-state index contributed by atoms with van der Waals surface area (Å²) in [7, 11) is 2.19. The number of nitrogen functional groups attached to an aromatic ring is 1. The highest BCUT2D eigenvalue weighted by molar-refractivity contribution is 5.92. The topological polar surface area (TPSA) is 63.4 Å². The van der Waals surface area contributed by atoms with Crippen LogP contribution in [0.5, 0.6) is 0 Å². The Morgan fingerprint density at radius 2 is 2.10 bits per heavy atom. The number of likely N-dealkylation sites (tertiary alicyclic amines) is 1. The molecule has 3 atom stereocenters. The van der Waals surface area contributed by atoms with Crippen molar-refractivity contribution in [1.82, 2.24) is 9.88 Å². The van der Waals surface area contributed by atoms with Gasteiger partial charge in [-0.2, -0.15) is 0 Å². The van der Waals surface area contributed by atoms with Crippen molar-refractivity contribution in [2.75, 3.05) is 24.6 Å². The molecule has 2 heterocycles. The van der Waals surface area contributed by atoms with Crippen LogP contribution in [0.2, 0.25) is 0 Å². The zero-order valence-corrected chi connectivity index (χ0v) is 17.1. The van der Waals surface area contributed by atoms with Gasteiger partial charge in [-0.05, 0) is 67.1 Å². The molecule has 1 aliphatic carbocycles. The third kappa shape index (κ3) is 3.73. The number of piperidine rings is 1. The molecule has 1 saturated carbocycles. The molecule has 30 heavy (non-hydrogen) atoms. The van der Waals surface area contributed by atoms with Crippen LogP contribution in [0.4, 0.5) is 15.9 Å². The summed E-state index contributed by atoms with van der Waals surface area (Å²) in [5.74, 6) is 0.937. The third-order valence-corrected chi connectivity index (χ3v) is 6.61. The summed E-state index contributed by atoms with van der Waals surface area (Å²) in [5, 5.41) is 5.22. The van der Waals surface area contributed by atoms with Gasteiger partial charge in [0.2, 0.25) is 0 Å². The number of benzene rings is 2. The van der Waals surface area contributed by atoms with Crippen molar-refractivity contribution < 1.29 is 9.13 Å². The molecular weight excluding hydrogens is 379 g/mol. The van der Waals surface area contributed by atoms with Crippen LogP contribution in [0.15, 0.2) is 48.7 Å². The second-order valence-corrected chi connectivity index (χ2v) is 8.59. The van der Waals surface area contributed by atoms with E-state index in [9.17, 15) is 4.39 Å². The number of pyridine rings is 1. The standard InChI is InChI=1S/C24H27FN4O/c1-29-13-18-10-20(29)11-23(18)30-14-15-2-3-17(22(25)8-15)12-28-19-4-5-21-16(9-19)6-7-27-24(21)26/h2-9,18,20,23,28H,10-14H2,1H3,(H2,26,27)/t18?,20-,23-/m1/s1. The van der Waals surface area contributed by atoms with Crippen LogP contribution >= 0.6 is 0 Å². The number of halogens is 1. The monoisotopic (exact) mass is 406 g/mol. The summed E-state index contributed by atoms with van der Waals surface area (Å²) >= 11 is 0. The number of rotatable bonds is 6. The number of nitrogens with zero attached hydrogens (tertiary/aromatic N) is 2. The molecule has 0 amide bonds. The first-order chi connectivity index (χ1) is 14.6. The molecule has 3 N–H and O–H groups in total. The minimum Gasteiger partial charge on any atom is -0.383 e. The molecule has 2 fully saturated rings. The molecule has 6 heteroatoms. The number of fused-ring (bicyclic) bond motifs is 3. The van der Waals surface area contributed by atoms with Crippen LogP contribution in [0.1, 0.15) is 24.0 Å². The first kappa shape index (κ1) is 19.3. The molecule has 0 radical (unpaired) electrons. The van der Waals surface area contributed by atoms with Crippen molar-refractivity contribution in [3.63, 3.8) is 0 Å². The fourth-order valence-electron chi connectivity index (χ4n) is 4.87. The highest BCUT2D eigenvalue weighted by Crippen LogP contribution is 2.38. The van der Waals surface area contributed by atoms with Crippen LogP contribution in [0, 0.1) is 11.7 Å². The average molecular weight is 407 g/mol. The van der Waals surface area contributed by atoms with E-state index in [1.54, 1.807) is 12.3 Å². The van der Waals surface area contributed by atoms with Gasteiger partial charge < -0.3 is 20.7 Å². The number of hydrogen-bond acceptors (Lipinski definition) is 5. The lowest BCUT2D eigenvalue weighted by Gasteiger charge is -2.28. The first-order valence-corrected chi connectivity index (χ1v) is 10.5. The summed E-state index contributed by atoms with van der Waals surface area (Å²) < 4.78 is 20.8. The minimum absolute atomic E-state index is 0.203. The van der Waals surface area contributed by atoms with E-state index in [1.807, 2.05) is 36.4 Å². The fourth-order valence-corrected chi connectivity index (χ4v) is 4.87. The van der Waals surface area contributed by atoms with Crippen LogP contribution in [0.3, 0.4) is 0 Å². The lowest BCUT2D eigenvalue weighted by Crippen LogP contribution is -2.35. The normalized spacial score (nSPS) is 23.3. The van der Waals surface area contributed by atoms with E-state index in [-0.39, 0.29) is 5.82 Å². The largest absolute Gasteiger partial charge is 0.383 e. The molecule has 5 nitrogen and oxygen atoms in total. The number of nitrogens with two attached hydrogens (primary N) is 1. The summed E-state index contributed by atoms with van der Waals surface area (Å²) in [4.78, 5) is 6.52. The molecule has 2 aliphatic rings. The van der Waals surface area contributed by atoms with Crippen LogP contribution in [-0.2, 0) is 17.9 Å². The molecule has 1 unspecified atom stereocenters. The predicted octanol–water partition coefficient (Wildman–Crippen LogP) is 4.18. The zero-order valence-electron chi connectivity index (χ0n) is 17.1. The van der Waals surface area contributed by atoms with E-state index in [0.717, 1.165) is 35.0 Å². The van der Waals surface area contributed by atoms with Gasteiger partial charge in [-0.3, -0.25) is 0 Å². The Bertz CT molecular complexity index is 1070. The van der Waals surface area contributed by atoms with Gasteiger partial charge in [-0.25, -0.2) is 9.37 Å². The maximum atomic E-state index is 14.6. The maximum Gasteiger partial charge on any atom is 0.131 e. The van der Waals surface area contributed by atoms with E-state index in [0.29, 0.717) is 42.6 Å². The highest BCUT2D eigenvalue weighted by Gasteiger charge is 2.43. The van der Waals surface area contributed by atoms with Gasteiger partial charge in [0.1, 0.15) is 11.6 Å². The van der Waals surface area contributed by atoms with E-state index in [1.165, 1.54) is 6.42 Å². The molecule has 1 aromatic heterocycles. The highest BCUT2D eigenvalue weighted by atomic mass is 19.1. The van der Waals surface area contributed by atoms with Gasteiger partial charge in [0.05, 0.1) is 12.7 Å². The minimum atomic E-state index is -0.203. The van der Waals surface area contributed by atoms with Crippen molar-refractivity contribution in [1.29, 1.82) is 0 Å². The van der Waals surface area contributed by atoms with E-state index < -0.39 is 0 Å². The predicted molar refractivity (Wildman–Crippen MR) is 118 cm³/mol. The Labute approximate surface area is 176 Å². The number of aromatic nitrogens is 1. The fraction of sp³-hybridized carbons (Fsp3) is 0.375. The quantitative estimate of drug-likeness (QED) is 0.643. The molecule has 0 spiro atoms. The van der Waals surface area contributed by atoms with Gasteiger partial charge in [0, 0.05) is 42.0 Å². The van der Waals surface area contributed by atoms with Gasteiger partial charge in [0.15, 0.2) is 0 Å². The third-order valence-electron chi connectivity index (χ3n) is 6.61. The molecular formula is C24H27FN4O. The van der Waals surface area contributed by atoms with Crippen molar-refractivity contribution in [3.05, 3.63) is 65.6 Å². The van der Waals surface area contributed by atoms with Gasteiger partial charge >= 0.3 is 0 Å². The Balaban J connectivity index is 1.19. The summed E-state index contributed by atoms with van der Waals surface area (Å²) in [5.41, 5.74) is 8.34. The number of anilines is 2. The molecule has 5 rings (SSSR count). The summed E-state index contributed by atoms with van der Waals surface area (Å²) in [6.07, 6.45) is 4.33. The smallest absolute Gasteiger partial charge is 0.131 e. The SMILES string of the molecule is CN1CC2C[C@@H]1C[C@H]2OCc1ccc(CNc2ccc3c(N)nccc3c2)c(F)c1. The molecule has 2 bridgehead atoms. The number of nitrogens with one attached hydrogen (secondary N) is 1. The molecule has 3 aromatic rings. The van der Waals surface area contributed by atoms with E-state index in [4.69, 9.17) is 10.5 Å². The van der Waals surface area contributed by atoms with Crippen LogP contribution in [-0.4, -0.2) is 35.6 Å².